The molecule has 0 heterocycles. The van der Waals surface area contributed by atoms with Gasteiger partial charge in [0.05, 0.1) is 18.6 Å². The number of phenols is 1. The molecule has 0 bridgehead atoms. The Morgan fingerprint density at radius 1 is 0.907 bits per heavy atom. The first-order valence-electron chi connectivity index (χ1n) is 15.1. The third kappa shape index (κ3) is 14.9. The fraction of sp³-hybridized carbons (Fsp3) is 0.645. The van der Waals surface area contributed by atoms with Gasteiger partial charge in [-0.05, 0) is 48.8 Å². The van der Waals surface area contributed by atoms with Gasteiger partial charge in [-0.15, -0.1) is 0 Å². The van der Waals surface area contributed by atoms with Gasteiger partial charge in [0.25, 0.3) is 0 Å². The Kier molecular flexibility index (Phi) is 16.9. The average molecular weight is 607 g/mol. The monoisotopic (exact) mass is 606 g/mol. The van der Waals surface area contributed by atoms with Crippen LogP contribution in [-0.4, -0.2) is 69.1 Å². The highest BCUT2D eigenvalue weighted by molar-refractivity contribution is 5.92. The number of carbonyl (C=O) groups is 5. The van der Waals surface area contributed by atoms with Crippen molar-refractivity contribution in [2.75, 3.05) is 0 Å². The summed E-state index contributed by atoms with van der Waals surface area (Å²) in [6, 6.07) is 3.85. The number of aliphatic carboxylic acids is 1. The molecule has 0 aliphatic rings. The van der Waals surface area contributed by atoms with Gasteiger partial charge >= 0.3 is 5.97 Å². The van der Waals surface area contributed by atoms with Gasteiger partial charge in [0.2, 0.25) is 23.6 Å². The van der Waals surface area contributed by atoms with Crippen LogP contribution in [0.15, 0.2) is 24.3 Å². The van der Waals surface area contributed by atoms with Crippen LogP contribution in [0, 0.1) is 11.8 Å². The molecule has 242 valence electrons. The standard InChI is InChI=1S/C31H50N4O8/c1-6-10-23(33-31(43)29(20(5)7-2)35-26(38)13-9-14-28(40)41)30(42)34-24(15-19(3)4)25(37)17-27(39)32-18-21-11-8-12-22(36)16-21/h8,11-12,16,19-20,23-25,29,36-37H,6-7,9-10,13-15,17-18H2,1-5H3,(H,32,39)(H,33,43)(H,34,42)(H,35,38)(H,40,41)/t20-,23-,24-,25-,29-/m0/s1. The van der Waals surface area contributed by atoms with E-state index in [0.29, 0.717) is 31.2 Å². The summed E-state index contributed by atoms with van der Waals surface area (Å²) in [5.41, 5.74) is 0.695. The van der Waals surface area contributed by atoms with Gasteiger partial charge < -0.3 is 36.6 Å². The lowest BCUT2D eigenvalue weighted by Crippen LogP contribution is -2.57. The number of carboxylic acids is 1. The van der Waals surface area contributed by atoms with Crippen molar-refractivity contribution in [2.45, 2.75) is 117 Å². The van der Waals surface area contributed by atoms with Crippen molar-refractivity contribution in [1.82, 2.24) is 21.3 Å². The first-order chi connectivity index (χ1) is 20.3. The van der Waals surface area contributed by atoms with Gasteiger partial charge in [0.15, 0.2) is 0 Å². The van der Waals surface area contributed by atoms with E-state index >= 15 is 0 Å². The molecule has 0 aromatic heterocycles. The van der Waals surface area contributed by atoms with Gasteiger partial charge in [-0.3, -0.25) is 24.0 Å². The van der Waals surface area contributed by atoms with Crippen LogP contribution >= 0.6 is 0 Å². The number of phenolic OH excluding ortho intramolecular Hbond substituents is 1. The fourth-order valence-corrected chi connectivity index (χ4v) is 4.54. The Bertz CT molecular complexity index is 1060. The number of aliphatic hydroxyl groups is 1. The summed E-state index contributed by atoms with van der Waals surface area (Å²) in [7, 11) is 0. The number of aromatic hydroxyl groups is 1. The second-order valence-corrected chi connectivity index (χ2v) is 11.5. The van der Waals surface area contributed by atoms with E-state index in [0.717, 1.165) is 0 Å². The van der Waals surface area contributed by atoms with Gasteiger partial charge in [0, 0.05) is 19.4 Å². The molecule has 0 aliphatic heterocycles. The molecule has 1 aromatic rings. The number of hydrogen-bond acceptors (Lipinski definition) is 7. The van der Waals surface area contributed by atoms with Gasteiger partial charge in [0.1, 0.15) is 17.8 Å². The predicted octanol–water partition coefficient (Wildman–Crippen LogP) is 2.36. The normalized spacial score (nSPS) is 14.6. The third-order valence-corrected chi connectivity index (χ3v) is 7.13. The second kappa shape index (κ2) is 19.5. The molecule has 1 rings (SSSR count). The van der Waals surface area contributed by atoms with Crippen molar-refractivity contribution in [2.24, 2.45) is 11.8 Å². The van der Waals surface area contributed by atoms with Crippen LogP contribution in [0.25, 0.3) is 0 Å². The summed E-state index contributed by atoms with van der Waals surface area (Å²) in [6.07, 6.45) is 0.350. The summed E-state index contributed by atoms with van der Waals surface area (Å²) in [4.78, 5) is 62.4. The van der Waals surface area contributed by atoms with Crippen molar-refractivity contribution in [3.63, 3.8) is 0 Å². The van der Waals surface area contributed by atoms with E-state index in [1.807, 2.05) is 27.7 Å². The summed E-state index contributed by atoms with van der Waals surface area (Å²) < 4.78 is 0. The van der Waals surface area contributed by atoms with E-state index in [4.69, 9.17) is 5.11 Å². The van der Waals surface area contributed by atoms with Crippen LogP contribution < -0.4 is 21.3 Å². The highest BCUT2D eigenvalue weighted by Gasteiger charge is 2.32. The van der Waals surface area contributed by atoms with Crippen molar-refractivity contribution in [3.8, 4) is 5.75 Å². The van der Waals surface area contributed by atoms with Crippen molar-refractivity contribution in [1.29, 1.82) is 0 Å². The first-order valence-corrected chi connectivity index (χ1v) is 15.1. The Hall–Kier alpha value is -3.67. The number of carboxylic acid groups (broad SMARTS) is 1. The van der Waals surface area contributed by atoms with Gasteiger partial charge in [-0.2, -0.15) is 0 Å². The van der Waals surface area contributed by atoms with E-state index in [9.17, 15) is 34.2 Å². The van der Waals surface area contributed by atoms with Crippen LogP contribution in [0.1, 0.15) is 91.5 Å². The average Bonchev–Trinajstić information content (AvgIpc) is 2.93. The van der Waals surface area contributed by atoms with Crippen LogP contribution in [0.3, 0.4) is 0 Å². The maximum absolute atomic E-state index is 13.4. The number of rotatable bonds is 20. The minimum Gasteiger partial charge on any atom is -0.508 e. The van der Waals surface area contributed by atoms with Crippen LogP contribution in [0.4, 0.5) is 0 Å². The molecule has 0 unspecified atom stereocenters. The predicted molar refractivity (Wildman–Crippen MR) is 162 cm³/mol. The summed E-state index contributed by atoms with van der Waals surface area (Å²) in [5.74, 6) is -2.99. The number of carbonyl (C=O) groups excluding carboxylic acids is 4. The highest BCUT2D eigenvalue weighted by atomic mass is 16.4. The highest BCUT2D eigenvalue weighted by Crippen LogP contribution is 2.15. The molecule has 0 spiro atoms. The zero-order valence-electron chi connectivity index (χ0n) is 26.0. The Morgan fingerprint density at radius 3 is 2.19 bits per heavy atom. The minimum atomic E-state index is -1.19. The van der Waals surface area contributed by atoms with E-state index < -0.39 is 53.8 Å². The topological polar surface area (TPSA) is 194 Å². The lowest BCUT2D eigenvalue weighted by molar-refractivity contribution is -0.137. The van der Waals surface area contributed by atoms with Crippen LogP contribution in [0.2, 0.25) is 0 Å². The molecule has 5 atom stereocenters. The zero-order valence-corrected chi connectivity index (χ0v) is 26.0. The molecule has 12 heteroatoms. The first kappa shape index (κ1) is 37.4. The fourth-order valence-electron chi connectivity index (χ4n) is 4.54. The molecule has 12 nitrogen and oxygen atoms in total. The number of nitrogens with one attached hydrogen (secondary N) is 4. The van der Waals surface area contributed by atoms with Crippen molar-refractivity contribution < 1.29 is 39.3 Å². The zero-order chi connectivity index (χ0) is 32.5. The molecule has 1 aromatic carbocycles. The molecule has 0 radical (unpaired) electrons. The van der Waals surface area contributed by atoms with Crippen molar-refractivity contribution >= 4 is 29.6 Å². The second-order valence-electron chi connectivity index (χ2n) is 11.5. The maximum Gasteiger partial charge on any atom is 0.303 e. The van der Waals surface area contributed by atoms with Crippen molar-refractivity contribution in [3.05, 3.63) is 29.8 Å². The molecule has 0 fully saturated rings. The van der Waals surface area contributed by atoms with Gasteiger partial charge in [-0.1, -0.05) is 59.6 Å². The van der Waals surface area contributed by atoms with E-state index in [1.54, 1.807) is 19.1 Å². The Labute approximate surface area is 254 Å². The largest absolute Gasteiger partial charge is 0.508 e. The molecular formula is C31H50N4O8. The number of aliphatic hydroxyl groups excluding tert-OH is 1. The lowest BCUT2D eigenvalue weighted by Gasteiger charge is -2.29. The minimum absolute atomic E-state index is 0.0401. The smallest absolute Gasteiger partial charge is 0.303 e. The molecule has 0 aliphatic carbocycles. The summed E-state index contributed by atoms with van der Waals surface area (Å²) in [6.45, 7) is 9.55. The van der Waals surface area contributed by atoms with E-state index in [2.05, 4.69) is 21.3 Å². The lowest BCUT2D eigenvalue weighted by atomic mass is 9.95. The molecule has 0 saturated heterocycles. The third-order valence-electron chi connectivity index (χ3n) is 7.13. The molecule has 0 saturated carbocycles. The Morgan fingerprint density at radius 2 is 1.60 bits per heavy atom. The van der Waals surface area contributed by atoms with E-state index in [1.165, 1.54) is 12.1 Å². The van der Waals surface area contributed by atoms with E-state index in [-0.39, 0.29) is 49.8 Å². The molecule has 4 amide bonds. The molecule has 43 heavy (non-hydrogen) atoms. The van der Waals surface area contributed by atoms with Crippen LogP contribution in [-0.2, 0) is 30.5 Å². The van der Waals surface area contributed by atoms with Crippen LogP contribution in [0.5, 0.6) is 5.75 Å². The summed E-state index contributed by atoms with van der Waals surface area (Å²) in [5, 5.41) is 40.3. The quantitative estimate of drug-likeness (QED) is 0.117. The molecular weight excluding hydrogens is 556 g/mol. The number of benzene rings is 1. The SMILES string of the molecule is CCC[C@H](NC(=O)[C@@H](NC(=O)CCCC(=O)O)[C@@H](C)CC)C(=O)N[C@@H](CC(C)C)[C@@H](O)CC(=O)NCc1cccc(O)c1. The molecule has 7 N–H and O–H groups in total. The summed E-state index contributed by atoms with van der Waals surface area (Å²) >= 11 is 0. The number of amides is 4. The maximum atomic E-state index is 13.4. The van der Waals surface area contributed by atoms with Gasteiger partial charge in [-0.25, -0.2) is 0 Å². The Balaban J connectivity index is 2.90. The number of hydrogen-bond donors (Lipinski definition) is 7.